The largest absolute Gasteiger partial charge is 0.496 e. The van der Waals surface area contributed by atoms with Crippen LogP contribution >= 0.6 is 0 Å². The zero-order valence-electron chi connectivity index (χ0n) is 27.1. The summed E-state index contributed by atoms with van der Waals surface area (Å²) in [6.07, 6.45) is 6.92. The maximum Gasteiger partial charge on any atom is 0.337 e. The molecule has 1 fully saturated rings. The van der Waals surface area contributed by atoms with Gasteiger partial charge < -0.3 is 14.8 Å². The highest BCUT2D eigenvalue weighted by molar-refractivity contribution is 6.13. The fourth-order valence-corrected chi connectivity index (χ4v) is 4.42. The van der Waals surface area contributed by atoms with Crippen molar-refractivity contribution in [3.63, 3.8) is 0 Å². The first-order valence-electron chi connectivity index (χ1n) is 14.8. The number of piperazine rings is 1. The summed E-state index contributed by atoms with van der Waals surface area (Å²) in [7, 11) is 11.1. The Morgan fingerprint density at radius 2 is 1.74 bits per heavy atom. The van der Waals surface area contributed by atoms with Crippen molar-refractivity contribution < 1.29 is 14.3 Å². The lowest BCUT2D eigenvalue weighted by Gasteiger charge is -2.35. The highest BCUT2D eigenvalue weighted by Gasteiger charge is 2.21. The smallest absolute Gasteiger partial charge is 0.337 e. The van der Waals surface area contributed by atoms with Gasteiger partial charge in [-0.1, -0.05) is 69.9 Å². The van der Waals surface area contributed by atoms with Gasteiger partial charge in [0.2, 0.25) is 0 Å². The number of carbonyl (C=O) groups is 1. The molecule has 3 rings (SSSR count). The van der Waals surface area contributed by atoms with Crippen molar-refractivity contribution in [2.24, 2.45) is 4.99 Å². The van der Waals surface area contributed by atoms with Crippen LogP contribution < -0.4 is 10.1 Å². The lowest BCUT2D eigenvalue weighted by atomic mass is 9.84. The molecule has 2 aromatic carbocycles. The summed E-state index contributed by atoms with van der Waals surface area (Å²) >= 11 is 0. The summed E-state index contributed by atoms with van der Waals surface area (Å²) in [6.45, 7) is 19.9. The van der Waals surface area contributed by atoms with E-state index in [-0.39, 0.29) is 11.8 Å². The number of nitrogens with one attached hydrogen (secondary N) is 1. The van der Waals surface area contributed by atoms with E-state index in [0.29, 0.717) is 5.56 Å². The summed E-state index contributed by atoms with van der Waals surface area (Å²) in [5.41, 5.74) is 5.62. The molecule has 0 amide bonds. The molecule has 0 spiro atoms. The van der Waals surface area contributed by atoms with E-state index >= 15 is 0 Å². The molecular formula is C34H51BN4O3. The zero-order chi connectivity index (χ0) is 31.5. The summed E-state index contributed by atoms with van der Waals surface area (Å²) in [5.74, 6) is 1.70. The quantitative estimate of drug-likeness (QED) is 0.161. The summed E-state index contributed by atoms with van der Waals surface area (Å²) in [5, 5.41) is 3.12. The van der Waals surface area contributed by atoms with Crippen LogP contribution in [0.1, 0.15) is 59.8 Å². The topological polar surface area (TPSA) is 66.4 Å². The molecule has 0 bridgehead atoms. The predicted molar refractivity (Wildman–Crippen MR) is 179 cm³/mol. The average molecular weight is 575 g/mol. The highest BCUT2D eigenvalue weighted by atomic mass is 16.5. The van der Waals surface area contributed by atoms with Gasteiger partial charge in [-0.25, -0.2) is 4.79 Å². The SMILES string of the molecule is CC.COC(=O)c1ccccc1.[B]C(/C=C\c1c(C)c(C)cc(OC)c1CN1CCN(CC(=NC)NC=C)CC1)CC. The lowest BCUT2D eigenvalue weighted by molar-refractivity contribution is 0.0600. The van der Waals surface area contributed by atoms with Crippen molar-refractivity contribution in [3.05, 3.63) is 83.1 Å². The second-order valence-corrected chi connectivity index (χ2v) is 9.77. The maximum atomic E-state index is 10.8. The molecule has 2 radical (unpaired) electrons. The Labute approximate surface area is 256 Å². The van der Waals surface area contributed by atoms with Crippen molar-refractivity contribution >= 4 is 25.7 Å². The molecule has 7 nitrogen and oxygen atoms in total. The second kappa shape index (κ2) is 20.5. The van der Waals surface area contributed by atoms with Crippen LogP contribution in [-0.2, 0) is 11.3 Å². The van der Waals surface area contributed by atoms with Gasteiger partial charge in [0.05, 0.1) is 34.2 Å². The zero-order valence-corrected chi connectivity index (χ0v) is 27.1. The van der Waals surface area contributed by atoms with Gasteiger partial charge in [0.15, 0.2) is 0 Å². The van der Waals surface area contributed by atoms with Gasteiger partial charge in [-0.05, 0) is 54.9 Å². The molecule has 2 aromatic rings. The number of carbonyl (C=O) groups excluding carboxylic acids is 1. The Kier molecular flexibility index (Phi) is 17.9. The third-order valence-electron chi connectivity index (χ3n) is 7.12. The van der Waals surface area contributed by atoms with Crippen LogP contribution in [0.3, 0.4) is 0 Å². The van der Waals surface area contributed by atoms with Crippen LogP contribution in [0.4, 0.5) is 0 Å². The molecule has 1 aliphatic heterocycles. The standard InChI is InChI=1S/C24H37BN4O.C8H8O2.C2H6/c1-7-20(25)9-10-21-19(4)18(3)15-23(30-6)22(21)16-28-11-13-29(14-12-28)17-24(26-5)27-8-2;1-10-8(9)7-5-3-2-4-6-7;1-2/h8-10,15,20H,2,7,11-14,16-17H2,1,3-6H3,(H,26,27);2-6H,1H3;1-2H3/b10-9-;;. The van der Waals surface area contributed by atoms with Gasteiger partial charge in [0.25, 0.3) is 0 Å². The number of rotatable bonds is 10. The first kappa shape index (κ1) is 36.7. The molecule has 0 aromatic heterocycles. The van der Waals surface area contributed by atoms with Crippen molar-refractivity contribution in [1.29, 1.82) is 0 Å². The number of hydrogen-bond donors (Lipinski definition) is 1. The molecular weight excluding hydrogens is 523 g/mol. The molecule has 1 unspecified atom stereocenters. The van der Waals surface area contributed by atoms with E-state index in [9.17, 15) is 4.79 Å². The summed E-state index contributed by atoms with van der Waals surface area (Å²) in [4.78, 5) is 20.0. The van der Waals surface area contributed by atoms with Crippen LogP contribution in [0.15, 0.2) is 60.2 Å². The Bertz CT molecular complexity index is 1140. The molecule has 1 saturated heterocycles. The summed E-state index contributed by atoms with van der Waals surface area (Å²) in [6, 6.07) is 11.0. The number of methoxy groups -OCH3 is 2. The monoisotopic (exact) mass is 574 g/mol. The van der Waals surface area contributed by atoms with E-state index in [1.807, 2.05) is 27.0 Å². The Balaban J connectivity index is 0.000000613. The van der Waals surface area contributed by atoms with E-state index in [1.54, 1.807) is 37.6 Å². The van der Waals surface area contributed by atoms with E-state index in [2.05, 4.69) is 70.4 Å². The number of benzene rings is 2. The number of esters is 1. The molecule has 1 heterocycles. The van der Waals surface area contributed by atoms with Crippen LogP contribution in [0, 0.1) is 13.8 Å². The number of aliphatic imine (C=N–C) groups is 1. The highest BCUT2D eigenvalue weighted by Crippen LogP contribution is 2.31. The number of hydrogen-bond acceptors (Lipinski definition) is 6. The second-order valence-electron chi connectivity index (χ2n) is 9.77. The minimum absolute atomic E-state index is 0.0749. The number of aryl methyl sites for hydroxylation is 1. The summed E-state index contributed by atoms with van der Waals surface area (Å²) < 4.78 is 10.3. The Hall–Kier alpha value is -3.36. The molecule has 1 atom stereocenters. The first-order chi connectivity index (χ1) is 20.3. The van der Waals surface area contributed by atoms with Gasteiger partial charge in [-0.15, -0.1) is 0 Å². The van der Waals surface area contributed by atoms with Crippen molar-refractivity contribution in [2.75, 3.05) is 54.0 Å². The molecule has 228 valence electrons. The minimum Gasteiger partial charge on any atom is -0.496 e. The molecule has 0 saturated carbocycles. The van der Waals surface area contributed by atoms with Crippen LogP contribution in [0.5, 0.6) is 5.75 Å². The van der Waals surface area contributed by atoms with Gasteiger partial charge >= 0.3 is 5.97 Å². The Morgan fingerprint density at radius 1 is 1.12 bits per heavy atom. The Morgan fingerprint density at radius 3 is 2.26 bits per heavy atom. The number of amidine groups is 1. The van der Waals surface area contributed by atoms with Gasteiger partial charge in [0.1, 0.15) is 11.6 Å². The normalized spacial score (nSPS) is 14.6. The fourth-order valence-electron chi connectivity index (χ4n) is 4.42. The van der Waals surface area contributed by atoms with E-state index in [1.165, 1.54) is 29.4 Å². The minimum atomic E-state index is -0.291. The third kappa shape index (κ3) is 11.9. The van der Waals surface area contributed by atoms with Gasteiger partial charge in [0, 0.05) is 45.3 Å². The third-order valence-corrected chi connectivity index (χ3v) is 7.12. The van der Waals surface area contributed by atoms with Crippen molar-refractivity contribution in [1.82, 2.24) is 15.1 Å². The van der Waals surface area contributed by atoms with E-state index < -0.39 is 0 Å². The van der Waals surface area contributed by atoms with Crippen molar-refractivity contribution in [3.8, 4) is 5.75 Å². The molecule has 1 N–H and O–H groups in total. The fraction of sp³-hybridized carbons (Fsp3) is 0.471. The molecule has 42 heavy (non-hydrogen) atoms. The van der Waals surface area contributed by atoms with E-state index in [0.717, 1.165) is 57.3 Å². The maximum absolute atomic E-state index is 10.8. The number of allylic oxidation sites excluding steroid dienone is 1. The number of ether oxygens (including phenoxy) is 2. The van der Waals surface area contributed by atoms with Gasteiger partial charge in [-0.3, -0.25) is 14.8 Å². The average Bonchev–Trinajstić information content (AvgIpc) is 3.04. The van der Waals surface area contributed by atoms with Crippen molar-refractivity contribution in [2.45, 2.75) is 53.4 Å². The van der Waals surface area contributed by atoms with Crippen LogP contribution in [0.2, 0.25) is 5.82 Å². The lowest BCUT2D eigenvalue weighted by Crippen LogP contribution is -2.48. The van der Waals surface area contributed by atoms with Gasteiger partial charge in [-0.2, -0.15) is 0 Å². The van der Waals surface area contributed by atoms with Crippen LogP contribution in [-0.4, -0.2) is 83.4 Å². The van der Waals surface area contributed by atoms with Crippen LogP contribution in [0.25, 0.3) is 6.08 Å². The molecule has 1 aliphatic rings. The predicted octanol–water partition coefficient (Wildman–Crippen LogP) is 6.07. The molecule has 8 heteroatoms. The number of nitrogens with zero attached hydrogens (tertiary/aromatic N) is 3. The molecule has 0 aliphatic carbocycles. The first-order valence-corrected chi connectivity index (χ1v) is 14.8. The van der Waals surface area contributed by atoms with E-state index in [4.69, 9.17) is 12.6 Å².